The molecule has 0 aliphatic rings. The quantitative estimate of drug-likeness (QED) is 0.515. The lowest BCUT2D eigenvalue weighted by Gasteiger charge is -2.05. The van der Waals surface area contributed by atoms with Gasteiger partial charge in [0.05, 0.1) is 5.69 Å². The van der Waals surface area contributed by atoms with Gasteiger partial charge >= 0.3 is 5.97 Å². The number of esters is 1. The van der Waals surface area contributed by atoms with Crippen molar-refractivity contribution in [3.05, 3.63) is 53.9 Å². The van der Waals surface area contributed by atoms with E-state index in [1.165, 1.54) is 25.2 Å². The van der Waals surface area contributed by atoms with Crippen LogP contribution < -0.4 is 15.4 Å². The van der Waals surface area contributed by atoms with Crippen LogP contribution in [0.25, 0.3) is 11.3 Å². The van der Waals surface area contributed by atoms with E-state index in [0.717, 1.165) is 27.8 Å². The van der Waals surface area contributed by atoms with Crippen LogP contribution in [-0.2, 0) is 9.59 Å². The van der Waals surface area contributed by atoms with E-state index < -0.39 is 0 Å². The predicted octanol–water partition coefficient (Wildman–Crippen LogP) is 4.44. The zero-order valence-electron chi connectivity index (χ0n) is 14.3. The average molecular weight is 367 g/mol. The van der Waals surface area contributed by atoms with Crippen LogP contribution in [0.15, 0.2) is 53.9 Å². The number of amides is 1. The van der Waals surface area contributed by atoms with Crippen molar-refractivity contribution >= 4 is 39.7 Å². The van der Waals surface area contributed by atoms with Crippen molar-refractivity contribution in [2.45, 2.75) is 13.8 Å². The van der Waals surface area contributed by atoms with Gasteiger partial charge in [0, 0.05) is 36.2 Å². The van der Waals surface area contributed by atoms with Gasteiger partial charge in [0.2, 0.25) is 5.91 Å². The minimum atomic E-state index is -0.345. The average Bonchev–Trinajstić information content (AvgIpc) is 3.05. The van der Waals surface area contributed by atoms with Crippen molar-refractivity contribution in [1.82, 2.24) is 4.98 Å². The molecular weight excluding hydrogens is 350 g/mol. The fourth-order valence-corrected chi connectivity index (χ4v) is 3.03. The smallest absolute Gasteiger partial charge is 0.308 e. The van der Waals surface area contributed by atoms with Crippen molar-refractivity contribution in [3.8, 4) is 17.0 Å². The lowest BCUT2D eigenvalue weighted by molar-refractivity contribution is -0.131. The monoisotopic (exact) mass is 367 g/mol. The summed E-state index contributed by atoms with van der Waals surface area (Å²) < 4.78 is 5.03. The van der Waals surface area contributed by atoms with Crippen molar-refractivity contribution in [1.29, 1.82) is 0 Å². The number of carbonyl (C=O) groups excluding carboxylic acids is 2. The number of benzene rings is 2. The molecule has 0 radical (unpaired) electrons. The Morgan fingerprint density at radius 1 is 0.962 bits per heavy atom. The molecule has 0 fully saturated rings. The Morgan fingerprint density at radius 3 is 2.23 bits per heavy atom. The van der Waals surface area contributed by atoms with E-state index in [1.54, 1.807) is 12.1 Å². The summed E-state index contributed by atoms with van der Waals surface area (Å²) >= 11 is 1.49. The van der Waals surface area contributed by atoms with Gasteiger partial charge in [-0.3, -0.25) is 9.59 Å². The molecule has 3 aromatic rings. The van der Waals surface area contributed by atoms with E-state index in [9.17, 15) is 9.59 Å². The molecule has 1 aromatic heterocycles. The Labute approximate surface area is 154 Å². The van der Waals surface area contributed by atoms with Crippen LogP contribution in [0, 0.1) is 0 Å². The molecule has 2 N–H and O–H groups in total. The van der Waals surface area contributed by atoms with Crippen LogP contribution in [0.5, 0.6) is 5.75 Å². The van der Waals surface area contributed by atoms with E-state index in [1.807, 2.05) is 41.8 Å². The zero-order chi connectivity index (χ0) is 18.5. The first kappa shape index (κ1) is 17.6. The lowest BCUT2D eigenvalue weighted by atomic mass is 10.2. The van der Waals surface area contributed by atoms with E-state index in [4.69, 9.17) is 4.74 Å². The second kappa shape index (κ2) is 7.79. The highest BCUT2D eigenvalue weighted by Crippen LogP contribution is 2.28. The summed E-state index contributed by atoms with van der Waals surface area (Å²) in [7, 11) is 0. The molecular formula is C19H17N3O3S. The number of aromatic nitrogens is 1. The molecule has 3 rings (SSSR count). The largest absolute Gasteiger partial charge is 0.427 e. The number of rotatable bonds is 5. The molecule has 0 atom stereocenters. The Balaban J connectivity index is 1.67. The third kappa shape index (κ3) is 4.67. The summed E-state index contributed by atoms with van der Waals surface area (Å²) in [5.41, 5.74) is 3.40. The van der Waals surface area contributed by atoms with Gasteiger partial charge in [-0.15, -0.1) is 11.3 Å². The third-order valence-electron chi connectivity index (χ3n) is 3.37. The molecule has 7 heteroatoms. The molecule has 0 unspecified atom stereocenters. The van der Waals surface area contributed by atoms with Gasteiger partial charge in [0.25, 0.3) is 0 Å². The van der Waals surface area contributed by atoms with Crippen LogP contribution in [0.3, 0.4) is 0 Å². The second-order valence-electron chi connectivity index (χ2n) is 5.54. The van der Waals surface area contributed by atoms with Gasteiger partial charge in [-0.25, -0.2) is 4.98 Å². The maximum Gasteiger partial charge on any atom is 0.308 e. The maximum absolute atomic E-state index is 11.0. The molecule has 0 saturated heterocycles. The molecule has 0 bridgehead atoms. The van der Waals surface area contributed by atoms with Crippen LogP contribution in [0.4, 0.5) is 16.5 Å². The van der Waals surface area contributed by atoms with Gasteiger partial charge < -0.3 is 15.4 Å². The van der Waals surface area contributed by atoms with Gasteiger partial charge in [-0.2, -0.15) is 0 Å². The van der Waals surface area contributed by atoms with Crippen molar-refractivity contribution in [2.24, 2.45) is 0 Å². The maximum atomic E-state index is 11.0. The topological polar surface area (TPSA) is 80.3 Å². The molecule has 132 valence electrons. The minimum absolute atomic E-state index is 0.102. The number of nitrogens with one attached hydrogen (secondary N) is 2. The number of hydrogen-bond acceptors (Lipinski definition) is 6. The van der Waals surface area contributed by atoms with Crippen molar-refractivity contribution in [3.63, 3.8) is 0 Å². The Hall–Kier alpha value is -3.19. The number of anilines is 3. The van der Waals surface area contributed by atoms with Crippen molar-refractivity contribution in [2.75, 3.05) is 10.6 Å². The summed E-state index contributed by atoms with van der Waals surface area (Å²) in [5, 5.41) is 8.68. The Morgan fingerprint density at radius 2 is 1.62 bits per heavy atom. The van der Waals surface area contributed by atoms with Gasteiger partial charge in [-0.1, -0.05) is 0 Å². The van der Waals surface area contributed by atoms with Crippen molar-refractivity contribution < 1.29 is 14.3 Å². The normalized spacial score (nSPS) is 10.2. The fourth-order valence-electron chi connectivity index (χ4n) is 2.29. The summed E-state index contributed by atoms with van der Waals surface area (Å²) in [6.45, 7) is 2.84. The zero-order valence-corrected chi connectivity index (χ0v) is 15.1. The predicted molar refractivity (Wildman–Crippen MR) is 103 cm³/mol. The SMILES string of the molecule is CC(=O)Nc1ccc(Nc2nc(-c3ccc(OC(C)=O)cc3)cs2)cc1. The molecule has 0 aliphatic heterocycles. The summed E-state index contributed by atoms with van der Waals surface area (Å²) in [4.78, 5) is 26.6. The number of carbonyl (C=O) groups is 2. The number of thiazole rings is 1. The highest BCUT2D eigenvalue weighted by Gasteiger charge is 2.06. The van der Waals surface area contributed by atoms with Crippen LogP contribution in [0.2, 0.25) is 0 Å². The first-order valence-electron chi connectivity index (χ1n) is 7.88. The van der Waals surface area contributed by atoms with Crippen LogP contribution in [0.1, 0.15) is 13.8 Å². The highest BCUT2D eigenvalue weighted by molar-refractivity contribution is 7.14. The number of ether oxygens (including phenoxy) is 1. The highest BCUT2D eigenvalue weighted by atomic mass is 32.1. The van der Waals surface area contributed by atoms with E-state index in [0.29, 0.717) is 5.75 Å². The van der Waals surface area contributed by atoms with E-state index >= 15 is 0 Å². The molecule has 1 amide bonds. The third-order valence-corrected chi connectivity index (χ3v) is 4.13. The second-order valence-corrected chi connectivity index (χ2v) is 6.40. The standard InChI is InChI=1S/C19H17N3O3S/c1-12(23)20-15-5-7-16(8-6-15)21-19-22-18(11-26-19)14-3-9-17(10-4-14)25-13(2)24/h3-11H,1-2H3,(H,20,23)(H,21,22). The minimum Gasteiger partial charge on any atom is -0.427 e. The first-order valence-corrected chi connectivity index (χ1v) is 8.76. The Kier molecular flexibility index (Phi) is 5.28. The molecule has 0 saturated carbocycles. The van der Waals surface area contributed by atoms with Gasteiger partial charge in [0.15, 0.2) is 5.13 Å². The fraction of sp³-hybridized carbons (Fsp3) is 0.105. The molecule has 2 aromatic carbocycles. The van der Waals surface area contributed by atoms with E-state index in [2.05, 4.69) is 15.6 Å². The van der Waals surface area contributed by atoms with Gasteiger partial charge in [-0.05, 0) is 48.5 Å². The van der Waals surface area contributed by atoms with Crippen LogP contribution in [-0.4, -0.2) is 16.9 Å². The summed E-state index contributed by atoms with van der Waals surface area (Å²) in [6, 6.07) is 14.6. The molecule has 1 heterocycles. The summed E-state index contributed by atoms with van der Waals surface area (Å²) in [6.07, 6.45) is 0. The Bertz CT molecular complexity index is 918. The van der Waals surface area contributed by atoms with Crippen LogP contribution >= 0.6 is 11.3 Å². The lowest BCUT2D eigenvalue weighted by Crippen LogP contribution is -2.05. The number of nitrogens with zero attached hydrogens (tertiary/aromatic N) is 1. The molecule has 0 aliphatic carbocycles. The first-order chi connectivity index (χ1) is 12.5. The molecule has 6 nitrogen and oxygen atoms in total. The molecule has 26 heavy (non-hydrogen) atoms. The summed E-state index contributed by atoms with van der Waals surface area (Å²) in [5.74, 6) is 0.0616. The van der Waals surface area contributed by atoms with Gasteiger partial charge in [0.1, 0.15) is 5.75 Å². The number of hydrogen-bond donors (Lipinski definition) is 2. The molecule has 0 spiro atoms. The van der Waals surface area contributed by atoms with E-state index in [-0.39, 0.29) is 11.9 Å².